The first-order chi connectivity index (χ1) is 4.79. The first kappa shape index (κ1) is 12.8. The Labute approximate surface area is 70.0 Å². The van der Waals surface area contributed by atoms with Crippen LogP contribution in [0.15, 0.2) is 24.3 Å². The minimum atomic E-state index is 0. The molecular formula is C10H19N. The Bertz CT molecular complexity index is 165. The summed E-state index contributed by atoms with van der Waals surface area (Å²) in [6.45, 7) is 8.21. The summed E-state index contributed by atoms with van der Waals surface area (Å²) in [4.78, 5) is 0. The second-order valence-corrected chi connectivity index (χ2v) is 2.16. The van der Waals surface area contributed by atoms with Crippen LogP contribution in [-0.4, -0.2) is 0 Å². The highest BCUT2D eigenvalue weighted by Gasteiger charge is 1.80. The largest absolute Gasteiger partial charge is 0.344 e. The third-order valence-electron chi connectivity index (χ3n) is 1.17. The van der Waals surface area contributed by atoms with Gasteiger partial charge in [-0.3, -0.25) is 0 Å². The van der Waals surface area contributed by atoms with Crippen molar-refractivity contribution in [3.05, 3.63) is 35.4 Å². The van der Waals surface area contributed by atoms with Crippen molar-refractivity contribution >= 4 is 0 Å². The number of hydrogen-bond acceptors (Lipinski definition) is 1. The quantitative estimate of drug-likeness (QED) is 0.608. The predicted octanol–water partition coefficient (Wildman–Crippen LogP) is 3.49. The van der Waals surface area contributed by atoms with Gasteiger partial charge in [-0.25, -0.2) is 0 Å². The monoisotopic (exact) mass is 153 g/mol. The molecule has 64 valence electrons. The van der Waals surface area contributed by atoms with E-state index in [1.165, 1.54) is 11.1 Å². The SMILES string of the molecule is CC.Cc1cccc(C)c1.N. The van der Waals surface area contributed by atoms with Crippen LogP contribution in [0.4, 0.5) is 0 Å². The lowest BCUT2D eigenvalue weighted by Crippen LogP contribution is -1.71. The maximum Gasteiger partial charge on any atom is -0.0398 e. The molecule has 0 spiro atoms. The zero-order valence-electron chi connectivity index (χ0n) is 8.02. The van der Waals surface area contributed by atoms with Crippen LogP contribution in [0.25, 0.3) is 0 Å². The molecule has 0 unspecified atom stereocenters. The van der Waals surface area contributed by atoms with Crippen LogP contribution in [0.2, 0.25) is 0 Å². The second kappa shape index (κ2) is 7.29. The van der Waals surface area contributed by atoms with E-state index in [2.05, 4.69) is 38.1 Å². The normalized spacial score (nSPS) is 7.27. The Balaban J connectivity index is 0. The van der Waals surface area contributed by atoms with Crippen LogP contribution in [0.5, 0.6) is 0 Å². The van der Waals surface area contributed by atoms with Gasteiger partial charge in [-0.1, -0.05) is 49.2 Å². The molecule has 0 amide bonds. The first-order valence-electron chi connectivity index (χ1n) is 3.82. The van der Waals surface area contributed by atoms with Gasteiger partial charge in [-0.05, 0) is 13.8 Å². The van der Waals surface area contributed by atoms with Gasteiger partial charge in [0.1, 0.15) is 0 Å². The lowest BCUT2D eigenvalue weighted by Gasteiger charge is -1.90. The minimum absolute atomic E-state index is 0. The Morgan fingerprint density at radius 1 is 0.909 bits per heavy atom. The molecule has 0 radical (unpaired) electrons. The van der Waals surface area contributed by atoms with E-state index in [0.29, 0.717) is 0 Å². The third kappa shape index (κ3) is 5.62. The maximum absolute atomic E-state index is 2.17. The van der Waals surface area contributed by atoms with Crippen molar-refractivity contribution < 1.29 is 0 Å². The Morgan fingerprint density at radius 2 is 1.27 bits per heavy atom. The van der Waals surface area contributed by atoms with Crippen LogP contribution in [0, 0.1) is 13.8 Å². The van der Waals surface area contributed by atoms with E-state index < -0.39 is 0 Å². The maximum atomic E-state index is 2.17. The van der Waals surface area contributed by atoms with Gasteiger partial charge < -0.3 is 6.15 Å². The summed E-state index contributed by atoms with van der Waals surface area (Å²) in [6, 6.07) is 8.45. The number of aryl methyl sites for hydroxylation is 2. The van der Waals surface area contributed by atoms with Gasteiger partial charge in [-0.2, -0.15) is 0 Å². The van der Waals surface area contributed by atoms with Crippen molar-refractivity contribution in [3.63, 3.8) is 0 Å². The van der Waals surface area contributed by atoms with Crippen molar-refractivity contribution in [2.45, 2.75) is 27.7 Å². The standard InChI is InChI=1S/C8H10.C2H6.H3N/c1-7-4-3-5-8(2)6-7;1-2;/h3-6H,1-2H3;1-2H3;1H3. The first-order valence-corrected chi connectivity index (χ1v) is 3.82. The molecule has 0 saturated heterocycles. The molecule has 0 atom stereocenters. The average Bonchev–Trinajstić information content (AvgIpc) is 1.91. The molecule has 1 rings (SSSR count). The lowest BCUT2D eigenvalue weighted by molar-refractivity contribution is 1.39. The molecule has 0 bridgehead atoms. The highest BCUT2D eigenvalue weighted by Crippen LogP contribution is 2.00. The highest BCUT2D eigenvalue weighted by molar-refractivity contribution is 5.20. The fraction of sp³-hybridized carbons (Fsp3) is 0.400. The van der Waals surface area contributed by atoms with E-state index in [9.17, 15) is 0 Å². The van der Waals surface area contributed by atoms with Crippen LogP contribution in [0.3, 0.4) is 0 Å². The molecule has 0 saturated carbocycles. The topological polar surface area (TPSA) is 35.0 Å². The van der Waals surface area contributed by atoms with E-state index in [4.69, 9.17) is 0 Å². The second-order valence-electron chi connectivity index (χ2n) is 2.16. The smallest absolute Gasteiger partial charge is 0.0398 e. The van der Waals surface area contributed by atoms with Gasteiger partial charge in [0.15, 0.2) is 0 Å². The molecule has 0 aliphatic rings. The van der Waals surface area contributed by atoms with E-state index >= 15 is 0 Å². The summed E-state index contributed by atoms with van der Waals surface area (Å²) in [6.07, 6.45) is 0. The van der Waals surface area contributed by atoms with Gasteiger partial charge in [0, 0.05) is 0 Å². The zero-order valence-corrected chi connectivity index (χ0v) is 8.02. The molecule has 0 heterocycles. The van der Waals surface area contributed by atoms with Crippen LogP contribution < -0.4 is 6.15 Å². The van der Waals surface area contributed by atoms with E-state index in [1.54, 1.807) is 0 Å². The molecule has 11 heavy (non-hydrogen) atoms. The van der Waals surface area contributed by atoms with Crippen molar-refractivity contribution in [3.8, 4) is 0 Å². The molecule has 0 aromatic heterocycles. The number of rotatable bonds is 0. The van der Waals surface area contributed by atoms with Crippen LogP contribution in [0.1, 0.15) is 25.0 Å². The summed E-state index contributed by atoms with van der Waals surface area (Å²) in [7, 11) is 0. The number of benzene rings is 1. The molecule has 1 aromatic carbocycles. The van der Waals surface area contributed by atoms with Crippen molar-refractivity contribution in [2.75, 3.05) is 0 Å². The van der Waals surface area contributed by atoms with E-state index in [0.717, 1.165) is 0 Å². The fourth-order valence-electron chi connectivity index (χ4n) is 0.807. The fourth-order valence-corrected chi connectivity index (χ4v) is 0.807. The summed E-state index contributed by atoms with van der Waals surface area (Å²) in [5.41, 5.74) is 2.68. The highest BCUT2D eigenvalue weighted by atomic mass is 14.0. The molecule has 3 N–H and O–H groups in total. The predicted molar refractivity (Wildman–Crippen MR) is 52.3 cm³/mol. The summed E-state index contributed by atoms with van der Waals surface area (Å²) < 4.78 is 0. The van der Waals surface area contributed by atoms with E-state index in [1.807, 2.05) is 13.8 Å². The summed E-state index contributed by atoms with van der Waals surface area (Å²) in [5, 5.41) is 0. The van der Waals surface area contributed by atoms with Gasteiger partial charge >= 0.3 is 0 Å². The molecule has 0 fully saturated rings. The van der Waals surface area contributed by atoms with Gasteiger partial charge in [0.25, 0.3) is 0 Å². The Morgan fingerprint density at radius 3 is 1.45 bits per heavy atom. The molecular weight excluding hydrogens is 134 g/mol. The Hall–Kier alpha value is -0.820. The zero-order chi connectivity index (χ0) is 7.98. The molecule has 1 nitrogen and oxygen atoms in total. The van der Waals surface area contributed by atoms with Gasteiger partial charge in [0.05, 0.1) is 0 Å². The van der Waals surface area contributed by atoms with Crippen molar-refractivity contribution in [1.29, 1.82) is 0 Å². The lowest BCUT2D eigenvalue weighted by atomic mass is 10.2. The van der Waals surface area contributed by atoms with Crippen molar-refractivity contribution in [2.24, 2.45) is 0 Å². The van der Waals surface area contributed by atoms with Crippen LogP contribution >= 0.6 is 0 Å². The van der Waals surface area contributed by atoms with E-state index in [-0.39, 0.29) is 6.15 Å². The Kier molecular flexibility index (Phi) is 8.50. The number of hydrogen-bond donors (Lipinski definition) is 1. The van der Waals surface area contributed by atoms with Gasteiger partial charge in [0.2, 0.25) is 0 Å². The van der Waals surface area contributed by atoms with Gasteiger partial charge in [-0.15, -0.1) is 0 Å². The molecule has 0 aliphatic heterocycles. The summed E-state index contributed by atoms with van der Waals surface area (Å²) >= 11 is 0. The molecule has 0 aliphatic carbocycles. The third-order valence-corrected chi connectivity index (χ3v) is 1.17. The molecule has 1 heteroatoms. The van der Waals surface area contributed by atoms with Crippen molar-refractivity contribution in [1.82, 2.24) is 6.15 Å². The molecule has 1 aromatic rings. The minimum Gasteiger partial charge on any atom is -0.344 e. The average molecular weight is 153 g/mol. The van der Waals surface area contributed by atoms with Crippen LogP contribution in [-0.2, 0) is 0 Å². The summed E-state index contributed by atoms with van der Waals surface area (Å²) in [5.74, 6) is 0.